The second-order valence-electron chi connectivity index (χ2n) is 9.14. The van der Waals surface area contributed by atoms with Crippen LogP contribution >= 0.6 is 0 Å². The van der Waals surface area contributed by atoms with Gasteiger partial charge in [0.15, 0.2) is 29.1 Å². The third-order valence-electron chi connectivity index (χ3n) is 6.78. The molecule has 2 aliphatic rings. The van der Waals surface area contributed by atoms with Gasteiger partial charge in [-0.05, 0) is 56.6 Å². The molecule has 8 nitrogen and oxygen atoms in total. The number of fused-ring (bicyclic) bond motifs is 3. The Hall–Kier alpha value is -3.06. The van der Waals surface area contributed by atoms with Gasteiger partial charge in [0.1, 0.15) is 5.69 Å². The molecular formula is C21H22F6N6O2. The summed E-state index contributed by atoms with van der Waals surface area (Å²) in [5.74, 6) is 0.801. The van der Waals surface area contributed by atoms with Crippen LogP contribution in [0.15, 0.2) is 16.7 Å². The minimum Gasteiger partial charge on any atom is -0.477 e. The van der Waals surface area contributed by atoms with Gasteiger partial charge in [-0.15, -0.1) is 0 Å². The van der Waals surface area contributed by atoms with E-state index in [1.54, 1.807) is 6.92 Å². The van der Waals surface area contributed by atoms with E-state index in [2.05, 4.69) is 20.2 Å². The maximum Gasteiger partial charge on any atom is 0.433 e. The third-order valence-corrected chi connectivity index (χ3v) is 6.78. The molecule has 0 aromatic carbocycles. The van der Waals surface area contributed by atoms with Crippen molar-refractivity contribution in [1.82, 2.24) is 24.7 Å². The highest BCUT2D eigenvalue weighted by atomic mass is 19.4. The topological polar surface area (TPSA) is 81.6 Å². The lowest BCUT2D eigenvalue weighted by atomic mass is 9.82. The average molecular weight is 504 g/mol. The molecule has 190 valence electrons. The second kappa shape index (κ2) is 8.26. The lowest BCUT2D eigenvalue weighted by molar-refractivity contribution is -0.189. The first kappa shape index (κ1) is 23.7. The largest absolute Gasteiger partial charge is 0.477 e. The van der Waals surface area contributed by atoms with E-state index in [1.165, 1.54) is 0 Å². The summed E-state index contributed by atoms with van der Waals surface area (Å²) in [7, 11) is 0. The molecule has 2 bridgehead atoms. The number of aromatic nitrogens is 5. The number of nitrogens with zero attached hydrogens (tertiary/aromatic N) is 6. The van der Waals surface area contributed by atoms with Crippen LogP contribution in [0.5, 0.6) is 5.75 Å². The SMILES string of the molecule is Cc1noc(N2C[C@H]3CC[C@@H](C2)C3Cc2nc3c(O[C@@H](C)C(F)(F)F)ccc(C(F)(F)F)n3n2)n1. The Morgan fingerprint density at radius 3 is 2.34 bits per heavy atom. The minimum absolute atomic E-state index is 0.112. The molecule has 4 heterocycles. The number of piperidine rings is 1. The van der Waals surface area contributed by atoms with Crippen LogP contribution in [-0.2, 0) is 12.6 Å². The standard InChI is InChI=1S/C21H22F6N6O2/c1-10(20(22,23)24)34-15-5-6-16(21(25,26)27)33-18(15)29-17(30-33)7-14-12-3-4-13(14)9-32(8-12)19-28-11(2)31-35-19/h5-6,10,12-14H,3-4,7-9H2,1-2H3/t10-,12-,13+,14?/m0/s1. The fraction of sp³-hybridized carbons (Fsp3) is 0.619. The third kappa shape index (κ3) is 4.49. The number of hydrogen-bond acceptors (Lipinski definition) is 7. The summed E-state index contributed by atoms with van der Waals surface area (Å²) in [6.45, 7) is 3.82. The van der Waals surface area contributed by atoms with Gasteiger partial charge >= 0.3 is 18.4 Å². The van der Waals surface area contributed by atoms with Gasteiger partial charge in [-0.25, -0.2) is 9.50 Å². The summed E-state index contributed by atoms with van der Waals surface area (Å²) in [5.41, 5.74) is -1.53. The molecule has 4 atom stereocenters. The maximum absolute atomic E-state index is 13.6. The van der Waals surface area contributed by atoms with Crippen LogP contribution in [0.1, 0.15) is 37.1 Å². The highest BCUT2D eigenvalue weighted by Gasteiger charge is 2.44. The predicted molar refractivity (Wildman–Crippen MR) is 109 cm³/mol. The quantitative estimate of drug-likeness (QED) is 0.474. The number of alkyl halides is 6. The highest BCUT2D eigenvalue weighted by molar-refractivity contribution is 5.54. The fourth-order valence-electron chi connectivity index (χ4n) is 5.08. The molecule has 1 saturated heterocycles. The van der Waals surface area contributed by atoms with E-state index < -0.39 is 35.5 Å². The second-order valence-corrected chi connectivity index (χ2v) is 9.14. The summed E-state index contributed by atoms with van der Waals surface area (Å²) >= 11 is 0. The molecule has 1 aliphatic heterocycles. The lowest BCUT2D eigenvalue weighted by Gasteiger charge is -2.36. The van der Waals surface area contributed by atoms with Crippen molar-refractivity contribution in [3.05, 3.63) is 29.5 Å². The number of halogens is 6. The molecule has 1 saturated carbocycles. The van der Waals surface area contributed by atoms with Gasteiger partial charge in [-0.1, -0.05) is 5.16 Å². The maximum atomic E-state index is 13.6. The van der Waals surface area contributed by atoms with Gasteiger partial charge in [-0.2, -0.15) is 36.4 Å². The molecule has 0 N–H and O–H groups in total. The van der Waals surface area contributed by atoms with Crippen molar-refractivity contribution in [2.45, 2.75) is 51.6 Å². The summed E-state index contributed by atoms with van der Waals surface area (Å²) in [6, 6.07) is 1.95. The predicted octanol–water partition coefficient (Wildman–Crippen LogP) is 4.47. The van der Waals surface area contributed by atoms with E-state index in [-0.39, 0.29) is 23.6 Å². The summed E-state index contributed by atoms with van der Waals surface area (Å²) in [5, 5.41) is 7.87. The molecule has 1 unspecified atom stereocenters. The van der Waals surface area contributed by atoms with Gasteiger partial charge in [0, 0.05) is 19.5 Å². The molecule has 35 heavy (non-hydrogen) atoms. The first-order chi connectivity index (χ1) is 16.4. The van der Waals surface area contributed by atoms with Crippen molar-refractivity contribution >= 4 is 11.7 Å². The first-order valence-corrected chi connectivity index (χ1v) is 11.1. The molecule has 14 heteroatoms. The zero-order valence-electron chi connectivity index (χ0n) is 18.8. The number of pyridine rings is 1. The number of hydrogen-bond donors (Lipinski definition) is 0. The molecular weight excluding hydrogens is 482 g/mol. The van der Waals surface area contributed by atoms with Crippen LogP contribution in [0.4, 0.5) is 32.4 Å². The smallest absolute Gasteiger partial charge is 0.433 e. The minimum atomic E-state index is -4.77. The van der Waals surface area contributed by atoms with Crippen molar-refractivity contribution in [2.24, 2.45) is 17.8 Å². The highest BCUT2D eigenvalue weighted by Crippen LogP contribution is 2.44. The van der Waals surface area contributed by atoms with Crippen molar-refractivity contribution in [3.8, 4) is 5.75 Å². The molecule has 5 rings (SSSR count). The first-order valence-electron chi connectivity index (χ1n) is 11.1. The fourth-order valence-corrected chi connectivity index (χ4v) is 5.08. The van der Waals surface area contributed by atoms with E-state index in [1.807, 2.05) is 4.90 Å². The normalized spacial score (nSPS) is 23.8. The van der Waals surface area contributed by atoms with Gasteiger partial charge in [0.25, 0.3) is 0 Å². The molecule has 3 aromatic rings. The van der Waals surface area contributed by atoms with Crippen molar-refractivity contribution in [1.29, 1.82) is 0 Å². The van der Waals surface area contributed by atoms with E-state index >= 15 is 0 Å². The van der Waals surface area contributed by atoms with Crippen LogP contribution in [0, 0.1) is 24.7 Å². The Balaban J connectivity index is 1.42. The molecule has 0 spiro atoms. The average Bonchev–Trinajstić information content (AvgIpc) is 3.43. The van der Waals surface area contributed by atoms with Crippen LogP contribution < -0.4 is 9.64 Å². The Morgan fingerprint density at radius 2 is 1.77 bits per heavy atom. The number of rotatable bonds is 5. The number of ether oxygens (including phenoxy) is 1. The lowest BCUT2D eigenvalue weighted by Crippen LogP contribution is -2.43. The van der Waals surface area contributed by atoms with Crippen molar-refractivity contribution in [2.75, 3.05) is 18.0 Å². The van der Waals surface area contributed by atoms with E-state index in [4.69, 9.17) is 9.26 Å². The van der Waals surface area contributed by atoms with Gasteiger partial charge in [0.05, 0.1) is 0 Å². The number of anilines is 1. The van der Waals surface area contributed by atoms with Gasteiger partial charge < -0.3 is 14.2 Å². The van der Waals surface area contributed by atoms with Crippen molar-refractivity contribution in [3.63, 3.8) is 0 Å². The Bertz CT molecular complexity index is 1210. The van der Waals surface area contributed by atoms with Gasteiger partial charge in [0.2, 0.25) is 0 Å². The Labute approximate surface area is 195 Å². The molecule has 0 radical (unpaired) electrons. The van der Waals surface area contributed by atoms with Crippen LogP contribution in [-0.4, -0.2) is 50.1 Å². The zero-order chi connectivity index (χ0) is 25.1. The summed E-state index contributed by atoms with van der Waals surface area (Å²) in [4.78, 5) is 10.5. The zero-order valence-corrected chi connectivity index (χ0v) is 18.8. The molecule has 3 aromatic heterocycles. The molecule has 0 amide bonds. The number of aryl methyl sites for hydroxylation is 1. The van der Waals surface area contributed by atoms with E-state index in [0.29, 0.717) is 41.9 Å². The monoisotopic (exact) mass is 504 g/mol. The Kier molecular flexibility index (Phi) is 5.59. The van der Waals surface area contributed by atoms with E-state index in [0.717, 1.165) is 25.8 Å². The van der Waals surface area contributed by atoms with E-state index in [9.17, 15) is 26.3 Å². The van der Waals surface area contributed by atoms with Gasteiger partial charge in [-0.3, -0.25) is 0 Å². The van der Waals surface area contributed by atoms with Crippen LogP contribution in [0.25, 0.3) is 5.65 Å². The molecule has 1 aliphatic carbocycles. The summed E-state index contributed by atoms with van der Waals surface area (Å²) in [6.07, 6.45) is -9.53. The van der Waals surface area contributed by atoms with Crippen LogP contribution in [0.3, 0.4) is 0 Å². The summed E-state index contributed by atoms with van der Waals surface area (Å²) < 4.78 is 90.5. The van der Waals surface area contributed by atoms with Crippen LogP contribution in [0.2, 0.25) is 0 Å². The van der Waals surface area contributed by atoms with Crippen molar-refractivity contribution < 1.29 is 35.6 Å². The Morgan fingerprint density at radius 1 is 1.09 bits per heavy atom. The molecule has 2 fully saturated rings.